The van der Waals surface area contributed by atoms with Crippen LogP contribution in [0.3, 0.4) is 0 Å². The van der Waals surface area contributed by atoms with Gasteiger partial charge >= 0.3 is 0 Å². The van der Waals surface area contributed by atoms with E-state index >= 15 is 0 Å². The van der Waals surface area contributed by atoms with Gasteiger partial charge in [0.1, 0.15) is 11.9 Å². The summed E-state index contributed by atoms with van der Waals surface area (Å²) in [5.41, 5.74) is 5.66. The van der Waals surface area contributed by atoms with E-state index in [1.807, 2.05) is 0 Å². The first-order chi connectivity index (χ1) is 9.99. The first kappa shape index (κ1) is 15.4. The molecule has 114 valence electrons. The maximum Gasteiger partial charge on any atom is 0.240 e. The number of aliphatic hydroxyl groups is 1. The monoisotopic (exact) mass is 294 g/mol. The molecular formula is C15H19FN2O3. The fraction of sp³-hybridized carbons (Fsp3) is 0.467. The lowest BCUT2D eigenvalue weighted by Gasteiger charge is -2.34. The van der Waals surface area contributed by atoms with Crippen molar-refractivity contribution < 1.29 is 19.1 Å². The largest absolute Gasteiger partial charge is 0.388 e. The molecule has 1 aromatic carbocycles. The Morgan fingerprint density at radius 1 is 1.43 bits per heavy atom. The highest BCUT2D eigenvalue weighted by molar-refractivity contribution is 5.87. The van der Waals surface area contributed by atoms with Crippen molar-refractivity contribution in [3.05, 3.63) is 35.6 Å². The number of rotatable bonds is 4. The smallest absolute Gasteiger partial charge is 0.240 e. The van der Waals surface area contributed by atoms with Gasteiger partial charge in [-0.15, -0.1) is 0 Å². The summed E-state index contributed by atoms with van der Waals surface area (Å²) in [4.78, 5) is 25.1. The van der Waals surface area contributed by atoms with E-state index in [-0.39, 0.29) is 12.3 Å². The first-order valence-electron chi connectivity index (χ1n) is 7.01. The number of aliphatic hydroxyl groups excluding tert-OH is 1. The van der Waals surface area contributed by atoms with Crippen molar-refractivity contribution in [3.63, 3.8) is 0 Å². The zero-order valence-corrected chi connectivity index (χ0v) is 11.7. The Kier molecular flexibility index (Phi) is 4.90. The number of carbonyl (C=O) groups excluding carboxylic acids is 2. The SMILES string of the molecule is NC(=O)C1CCCCN1C(=O)CC(O)c1cccc(F)c1. The average molecular weight is 294 g/mol. The lowest BCUT2D eigenvalue weighted by Crippen LogP contribution is -2.50. The van der Waals surface area contributed by atoms with Crippen molar-refractivity contribution in [1.82, 2.24) is 4.90 Å². The van der Waals surface area contributed by atoms with Crippen LogP contribution in [0.25, 0.3) is 0 Å². The van der Waals surface area contributed by atoms with Crippen LogP contribution >= 0.6 is 0 Å². The van der Waals surface area contributed by atoms with Crippen LogP contribution in [0.5, 0.6) is 0 Å². The summed E-state index contributed by atoms with van der Waals surface area (Å²) in [5, 5.41) is 10.0. The number of carbonyl (C=O) groups is 2. The van der Waals surface area contributed by atoms with Crippen molar-refractivity contribution >= 4 is 11.8 Å². The Hall–Kier alpha value is -1.95. The van der Waals surface area contributed by atoms with E-state index in [4.69, 9.17) is 5.73 Å². The fourth-order valence-corrected chi connectivity index (χ4v) is 2.64. The summed E-state index contributed by atoms with van der Waals surface area (Å²) in [5.74, 6) is -1.33. The molecule has 2 amide bonds. The summed E-state index contributed by atoms with van der Waals surface area (Å²) in [6, 6.07) is 4.89. The molecule has 2 unspecified atom stereocenters. The van der Waals surface area contributed by atoms with Crippen LogP contribution in [0.1, 0.15) is 37.4 Å². The van der Waals surface area contributed by atoms with Gasteiger partial charge in [0.05, 0.1) is 12.5 Å². The Bertz CT molecular complexity index is 535. The number of benzene rings is 1. The van der Waals surface area contributed by atoms with Gasteiger partial charge in [0.2, 0.25) is 11.8 Å². The normalized spacial score (nSPS) is 20.1. The second kappa shape index (κ2) is 6.67. The molecule has 0 aromatic heterocycles. The van der Waals surface area contributed by atoms with Gasteiger partial charge in [-0.1, -0.05) is 12.1 Å². The van der Waals surface area contributed by atoms with Crippen LogP contribution in [-0.2, 0) is 9.59 Å². The van der Waals surface area contributed by atoms with Gasteiger partial charge in [0.25, 0.3) is 0 Å². The van der Waals surface area contributed by atoms with E-state index in [2.05, 4.69) is 0 Å². The van der Waals surface area contributed by atoms with E-state index in [1.165, 1.54) is 23.1 Å². The molecule has 0 aliphatic carbocycles. The lowest BCUT2D eigenvalue weighted by molar-refractivity contribution is -0.142. The summed E-state index contributed by atoms with van der Waals surface area (Å²) < 4.78 is 13.1. The van der Waals surface area contributed by atoms with Crippen LogP contribution in [0.2, 0.25) is 0 Å². The van der Waals surface area contributed by atoms with Gasteiger partial charge in [-0.3, -0.25) is 9.59 Å². The molecule has 0 spiro atoms. The maximum atomic E-state index is 13.1. The van der Waals surface area contributed by atoms with Crippen molar-refractivity contribution in [2.45, 2.75) is 37.8 Å². The summed E-state index contributed by atoms with van der Waals surface area (Å²) in [6.07, 6.45) is 0.934. The lowest BCUT2D eigenvalue weighted by atomic mass is 9.99. The van der Waals surface area contributed by atoms with E-state index < -0.39 is 23.9 Å². The molecule has 1 saturated heterocycles. The molecule has 1 aliphatic heterocycles. The van der Waals surface area contributed by atoms with Gasteiger partial charge in [0, 0.05) is 6.54 Å². The summed E-state index contributed by atoms with van der Waals surface area (Å²) in [6.45, 7) is 0.461. The van der Waals surface area contributed by atoms with E-state index in [0.717, 1.165) is 12.8 Å². The van der Waals surface area contributed by atoms with Crippen LogP contribution < -0.4 is 5.73 Å². The third-order valence-corrected chi connectivity index (χ3v) is 3.75. The second-order valence-corrected chi connectivity index (χ2v) is 5.28. The van der Waals surface area contributed by atoms with Crippen molar-refractivity contribution in [1.29, 1.82) is 0 Å². The highest BCUT2D eigenvalue weighted by Gasteiger charge is 2.31. The first-order valence-corrected chi connectivity index (χ1v) is 7.01. The third-order valence-electron chi connectivity index (χ3n) is 3.75. The Balaban J connectivity index is 2.04. The molecule has 5 nitrogen and oxygen atoms in total. The number of nitrogens with two attached hydrogens (primary N) is 1. The van der Waals surface area contributed by atoms with Crippen molar-refractivity contribution in [2.75, 3.05) is 6.54 Å². The number of likely N-dealkylation sites (tertiary alicyclic amines) is 1. The van der Waals surface area contributed by atoms with Crippen LogP contribution in [-0.4, -0.2) is 34.4 Å². The number of nitrogens with zero attached hydrogens (tertiary/aromatic N) is 1. The van der Waals surface area contributed by atoms with E-state index in [0.29, 0.717) is 18.5 Å². The molecule has 6 heteroatoms. The van der Waals surface area contributed by atoms with Crippen LogP contribution in [0.15, 0.2) is 24.3 Å². The molecule has 0 radical (unpaired) electrons. The molecule has 1 fully saturated rings. The molecule has 2 rings (SSSR count). The van der Waals surface area contributed by atoms with Crippen molar-refractivity contribution in [3.8, 4) is 0 Å². The van der Waals surface area contributed by atoms with E-state index in [1.54, 1.807) is 6.07 Å². The van der Waals surface area contributed by atoms with Gasteiger partial charge in [-0.05, 0) is 37.0 Å². The predicted molar refractivity (Wildman–Crippen MR) is 74.5 cm³/mol. The van der Waals surface area contributed by atoms with Crippen molar-refractivity contribution in [2.24, 2.45) is 5.73 Å². The minimum absolute atomic E-state index is 0.187. The Morgan fingerprint density at radius 3 is 2.86 bits per heavy atom. The zero-order valence-electron chi connectivity index (χ0n) is 11.7. The Morgan fingerprint density at radius 2 is 2.19 bits per heavy atom. The number of amides is 2. The predicted octanol–water partition coefficient (Wildman–Crippen LogP) is 1.12. The molecule has 1 aliphatic rings. The fourth-order valence-electron chi connectivity index (χ4n) is 2.64. The number of primary amides is 1. The minimum Gasteiger partial charge on any atom is -0.388 e. The molecule has 1 heterocycles. The average Bonchev–Trinajstić information content (AvgIpc) is 2.47. The van der Waals surface area contributed by atoms with Gasteiger partial charge in [0.15, 0.2) is 0 Å². The zero-order chi connectivity index (χ0) is 15.4. The number of piperidine rings is 1. The summed E-state index contributed by atoms with van der Waals surface area (Å²) >= 11 is 0. The van der Waals surface area contributed by atoms with Gasteiger partial charge in [-0.2, -0.15) is 0 Å². The number of hydrogen-bond acceptors (Lipinski definition) is 3. The quantitative estimate of drug-likeness (QED) is 0.872. The van der Waals surface area contributed by atoms with Gasteiger partial charge in [-0.25, -0.2) is 4.39 Å². The summed E-state index contributed by atoms with van der Waals surface area (Å²) in [7, 11) is 0. The topological polar surface area (TPSA) is 83.6 Å². The number of halogens is 1. The molecule has 1 aromatic rings. The minimum atomic E-state index is -1.09. The Labute approximate surface area is 122 Å². The molecule has 3 N–H and O–H groups in total. The highest BCUT2D eigenvalue weighted by atomic mass is 19.1. The standard InChI is InChI=1S/C15H19FN2O3/c16-11-5-3-4-10(8-11)13(19)9-14(20)18-7-2-1-6-12(18)15(17)21/h3-5,8,12-13,19H,1-2,6-7,9H2,(H2,17,21). The highest BCUT2D eigenvalue weighted by Crippen LogP contribution is 2.22. The second-order valence-electron chi connectivity index (χ2n) is 5.28. The van der Waals surface area contributed by atoms with Crippen LogP contribution in [0, 0.1) is 5.82 Å². The van der Waals surface area contributed by atoms with E-state index in [9.17, 15) is 19.1 Å². The molecule has 2 atom stereocenters. The van der Waals surface area contributed by atoms with Crippen LogP contribution in [0.4, 0.5) is 4.39 Å². The third kappa shape index (κ3) is 3.78. The van der Waals surface area contributed by atoms with Gasteiger partial charge < -0.3 is 15.7 Å². The molecular weight excluding hydrogens is 275 g/mol. The molecule has 21 heavy (non-hydrogen) atoms. The number of hydrogen-bond donors (Lipinski definition) is 2. The maximum absolute atomic E-state index is 13.1. The molecule has 0 bridgehead atoms. The molecule has 0 saturated carbocycles.